The molecule has 13 heavy (non-hydrogen) atoms. The quantitative estimate of drug-likeness (QED) is 0.558. The van der Waals surface area contributed by atoms with E-state index in [0.717, 1.165) is 12.8 Å². The van der Waals surface area contributed by atoms with E-state index in [1.54, 1.807) is 7.11 Å². The molecule has 1 atom stereocenters. The molecule has 0 aromatic rings. The van der Waals surface area contributed by atoms with E-state index in [4.69, 9.17) is 10.5 Å². The topological polar surface area (TPSA) is 64.3 Å². The third-order valence-electron chi connectivity index (χ3n) is 1.89. The van der Waals surface area contributed by atoms with Crippen molar-refractivity contribution < 1.29 is 9.53 Å². The number of carbonyl (C=O) groups excluding carboxylic acids is 1. The molecular formula is C9H20N2O2. The van der Waals surface area contributed by atoms with Gasteiger partial charge in [0.25, 0.3) is 0 Å². The second-order valence-electron chi connectivity index (χ2n) is 3.12. The Kier molecular flexibility index (Phi) is 7.63. The van der Waals surface area contributed by atoms with Gasteiger partial charge in [-0.05, 0) is 19.4 Å². The first-order chi connectivity index (χ1) is 6.22. The predicted molar refractivity (Wildman–Crippen MR) is 52.3 cm³/mol. The lowest BCUT2D eigenvalue weighted by atomic mass is 10.1. The van der Waals surface area contributed by atoms with Crippen molar-refractivity contribution in [3.05, 3.63) is 0 Å². The number of methoxy groups -OCH3 is 1. The van der Waals surface area contributed by atoms with Gasteiger partial charge in [0.05, 0.1) is 6.61 Å². The number of amides is 1. The highest BCUT2D eigenvalue weighted by Gasteiger charge is 2.10. The molecule has 0 aliphatic rings. The molecule has 0 radical (unpaired) electrons. The lowest BCUT2D eigenvalue weighted by Gasteiger charge is -2.10. The van der Waals surface area contributed by atoms with Crippen LogP contribution >= 0.6 is 0 Å². The highest BCUT2D eigenvalue weighted by molar-refractivity contribution is 5.78. The minimum atomic E-state index is 0.0559. The maximum Gasteiger partial charge on any atom is 0.222 e. The zero-order valence-corrected chi connectivity index (χ0v) is 8.51. The van der Waals surface area contributed by atoms with Crippen LogP contribution in [0.3, 0.4) is 0 Å². The maximum atomic E-state index is 11.3. The van der Waals surface area contributed by atoms with E-state index in [-0.39, 0.29) is 11.8 Å². The summed E-state index contributed by atoms with van der Waals surface area (Å²) in [6, 6.07) is 0. The first-order valence-corrected chi connectivity index (χ1v) is 4.69. The van der Waals surface area contributed by atoms with Gasteiger partial charge in [-0.1, -0.05) is 6.92 Å². The van der Waals surface area contributed by atoms with E-state index in [9.17, 15) is 4.79 Å². The molecule has 0 spiro atoms. The van der Waals surface area contributed by atoms with Crippen molar-refractivity contribution in [3.63, 3.8) is 0 Å². The Morgan fingerprint density at radius 3 is 2.85 bits per heavy atom. The Morgan fingerprint density at radius 1 is 1.62 bits per heavy atom. The maximum absolute atomic E-state index is 11.3. The molecule has 4 nitrogen and oxygen atoms in total. The summed E-state index contributed by atoms with van der Waals surface area (Å²) >= 11 is 0. The first kappa shape index (κ1) is 12.4. The molecule has 0 aromatic carbocycles. The fourth-order valence-corrected chi connectivity index (χ4v) is 1.01. The molecule has 0 saturated carbocycles. The monoisotopic (exact) mass is 188 g/mol. The summed E-state index contributed by atoms with van der Waals surface area (Å²) in [6.45, 7) is 3.71. The van der Waals surface area contributed by atoms with Crippen LogP contribution in [0.4, 0.5) is 0 Å². The van der Waals surface area contributed by atoms with Gasteiger partial charge < -0.3 is 15.8 Å². The fraction of sp³-hybridized carbons (Fsp3) is 0.889. The molecule has 0 aromatic heterocycles. The van der Waals surface area contributed by atoms with Crippen LogP contribution in [0.25, 0.3) is 0 Å². The van der Waals surface area contributed by atoms with E-state index < -0.39 is 0 Å². The van der Waals surface area contributed by atoms with Gasteiger partial charge in [0.1, 0.15) is 0 Å². The lowest BCUT2D eigenvalue weighted by molar-refractivity contribution is -0.124. The van der Waals surface area contributed by atoms with Crippen LogP contribution in [-0.2, 0) is 9.53 Å². The molecule has 0 aliphatic heterocycles. The van der Waals surface area contributed by atoms with Crippen molar-refractivity contribution in [2.45, 2.75) is 19.8 Å². The molecule has 0 saturated heterocycles. The minimum absolute atomic E-state index is 0.0559. The molecular weight excluding hydrogens is 168 g/mol. The number of rotatable bonds is 7. The van der Waals surface area contributed by atoms with Crippen LogP contribution in [0.1, 0.15) is 19.8 Å². The van der Waals surface area contributed by atoms with Crippen LogP contribution in [0.5, 0.6) is 0 Å². The van der Waals surface area contributed by atoms with Crippen LogP contribution < -0.4 is 11.1 Å². The highest BCUT2D eigenvalue weighted by atomic mass is 16.5. The summed E-state index contributed by atoms with van der Waals surface area (Å²) in [5.74, 6) is 0.144. The Morgan fingerprint density at radius 2 is 2.31 bits per heavy atom. The molecule has 0 aliphatic carbocycles. The Bertz CT molecular complexity index is 140. The predicted octanol–water partition coefficient (Wildman–Crippen LogP) is 0.124. The SMILES string of the molecule is COCCNC(=O)C(C)CCCN. The molecule has 3 N–H and O–H groups in total. The van der Waals surface area contributed by atoms with E-state index >= 15 is 0 Å². The molecule has 0 heterocycles. The normalized spacial score (nSPS) is 12.5. The van der Waals surface area contributed by atoms with Crippen molar-refractivity contribution in [3.8, 4) is 0 Å². The van der Waals surface area contributed by atoms with Crippen LogP contribution in [-0.4, -0.2) is 32.7 Å². The average Bonchev–Trinajstić information content (AvgIpc) is 2.14. The van der Waals surface area contributed by atoms with E-state index in [1.165, 1.54) is 0 Å². The molecule has 78 valence electrons. The lowest BCUT2D eigenvalue weighted by Crippen LogP contribution is -2.32. The highest BCUT2D eigenvalue weighted by Crippen LogP contribution is 2.03. The molecule has 0 rings (SSSR count). The standard InChI is InChI=1S/C9H20N2O2/c1-8(4-3-5-10)9(12)11-6-7-13-2/h8H,3-7,10H2,1-2H3,(H,11,12). The van der Waals surface area contributed by atoms with Gasteiger partial charge in [0.2, 0.25) is 5.91 Å². The number of nitrogens with two attached hydrogens (primary N) is 1. The number of hydrogen-bond acceptors (Lipinski definition) is 3. The summed E-state index contributed by atoms with van der Waals surface area (Å²) in [5, 5.41) is 2.79. The summed E-state index contributed by atoms with van der Waals surface area (Å²) in [5.41, 5.74) is 5.35. The minimum Gasteiger partial charge on any atom is -0.383 e. The average molecular weight is 188 g/mol. The Balaban J connectivity index is 3.45. The van der Waals surface area contributed by atoms with Gasteiger partial charge in [-0.15, -0.1) is 0 Å². The largest absolute Gasteiger partial charge is 0.383 e. The third kappa shape index (κ3) is 6.54. The molecule has 0 fully saturated rings. The van der Waals surface area contributed by atoms with Gasteiger partial charge in [0.15, 0.2) is 0 Å². The smallest absolute Gasteiger partial charge is 0.222 e. The summed E-state index contributed by atoms with van der Waals surface area (Å²) in [6.07, 6.45) is 1.76. The van der Waals surface area contributed by atoms with Crippen molar-refractivity contribution >= 4 is 5.91 Å². The summed E-state index contributed by atoms with van der Waals surface area (Å²) < 4.78 is 4.82. The van der Waals surface area contributed by atoms with Crippen molar-refractivity contribution in [1.29, 1.82) is 0 Å². The molecule has 1 amide bonds. The van der Waals surface area contributed by atoms with E-state index in [1.807, 2.05) is 6.92 Å². The van der Waals surface area contributed by atoms with Crippen LogP contribution in [0.2, 0.25) is 0 Å². The van der Waals surface area contributed by atoms with Crippen molar-refractivity contribution in [1.82, 2.24) is 5.32 Å². The molecule has 0 bridgehead atoms. The van der Waals surface area contributed by atoms with Gasteiger partial charge in [-0.3, -0.25) is 4.79 Å². The fourth-order valence-electron chi connectivity index (χ4n) is 1.01. The van der Waals surface area contributed by atoms with Crippen molar-refractivity contribution in [2.24, 2.45) is 11.7 Å². The Labute approximate surface area is 79.8 Å². The van der Waals surface area contributed by atoms with E-state index in [2.05, 4.69) is 5.32 Å². The van der Waals surface area contributed by atoms with Gasteiger partial charge in [0, 0.05) is 19.6 Å². The van der Waals surface area contributed by atoms with Gasteiger partial charge >= 0.3 is 0 Å². The molecule has 1 unspecified atom stereocenters. The third-order valence-corrected chi connectivity index (χ3v) is 1.89. The number of carbonyl (C=O) groups is 1. The second kappa shape index (κ2) is 8.01. The first-order valence-electron chi connectivity index (χ1n) is 4.69. The Hall–Kier alpha value is -0.610. The zero-order chi connectivity index (χ0) is 10.1. The summed E-state index contributed by atoms with van der Waals surface area (Å²) in [7, 11) is 1.62. The zero-order valence-electron chi connectivity index (χ0n) is 8.51. The number of nitrogens with one attached hydrogen (secondary N) is 1. The van der Waals surface area contributed by atoms with Crippen LogP contribution in [0, 0.1) is 5.92 Å². The molecule has 4 heteroatoms. The van der Waals surface area contributed by atoms with E-state index in [0.29, 0.717) is 19.7 Å². The number of ether oxygens (including phenoxy) is 1. The van der Waals surface area contributed by atoms with Crippen LogP contribution in [0.15, 0.2) is 0 Å². The van der Waals surface area contributed by atoms with Crippen molar-refractivity contribution in [2.75, 3.05) is 26.8 Å². The van der Waals surface area contributed by atoms with Gasteiger partial charge in [-0.2, -0.15) is 0 Å². The second-order valence-corrected chi connectivity index (χ2v) is 3.12. The number of hydrogen-bond donors (Lipinski definition) is 2. The van der Waals surface area contributed by atoms with Gasteiger partial charge in [-0.25, -0.2) is 0 Å². The summed E-state index contributed by atoms with van der Waals surface area (Å²) in [4.78, 5) is 11.3.